The average Bonchev–Trinajstić information content (AvgIpc) is 2.65. The van der Waals surface area contributed by atoms with Gasteiger partial charge in [0.15, 0.2) is 22.5 Å². The average molecular weight is 494 g/mol. The first-order chi connectivity index (χ1) is 14.6. The molecule has 32 heavy (non-hydrogen) atoms. The molecule has 0 unspecified atom stereocenters. The van der Waals surface area contributed by atoms with Crippen molar-refractivity contribution in [2.75, 3.05) is 12.4 Å². The summed E-state index contributed by atoms with van der Waals surface area (Å²) in [7, 11) is 0.684. The van der Waals surface area contributed by atoms with E-state index in [0.717, 1.165) is 0 Å². The molecule has 0 atom stereocenters. The largest absolute Gasteiger partial charge is 0.491 e. The van der Waals surface area contributed by atoms with Crippen molar-refractivity contribution in [2.24, 2.45) is 0 Å². The Morgan fingerprint density at radius 2 is 1.28 bits per heavy atom. The number of hydrogen-bond acceptors (Lipinski definition) is 3. The van der Waals surface area contributed by atoms with Gasteiger partial charge in [-0.2, -0.15) is 35.1 Å². The van der Waals surface area contributed by atoms with E-state index < -0.39 is 74.8 Å². The molecule has 174 valence electrons. The Balaban J connectivity index is 2.35. The molecule has 0 fully saturated rings. The van der Waals surface area contributed by atoms with Gasteiger partial charge in [0.05, 0.1) is 18.2 Å². The zero-order valence-corrected chi connectivity index (χ0v) is 16.1. The summed E-state index contributed by atoms with van der Waals surface area (Å²) >= 11 is 4.52. The van der Waals surface area contributed by atoms with E-state index in [1.54, 1.807) is 5.32 Å². The number of halogens is 10. The molecule has 2 N–H and O–H groups in total. The highest BCUT2D eigenvalue weighted by Gasteiger charge is 2.37. The summed E-state index contributed by atoms with van der Waals surface area (Å²) in [6.45, 7) is 0. The number of carbonyl (C=O) groups is 1. The maximum absolute atomic E-state index is 13.9. The third-order valence-corrected chi connectivity index (χ3v) is 3.93. The van der Waals surface area contributed by atoms with Crippen molar-refractivity contribution >= 4 is 28.9 Å². The number of methoxy groups -OCH3 is 1. The first kappa shape index (κ1) is 25.2. The van der Waals surface area contributed by atoms with Crippen LogP contribution in [0.15, 0.2) is 18.2 Å². The summed E-state index contributed by atoms with van der Waals surface area (Å²) in [5.74, 6) is -11.9. The number of thiocarbonyl (C=S) groups is 1. The van der Waals surface area contributed by atoms with E-state index in [2.05, 4.69) is 17.0 Å². The van der Waals surface area contributed by atoms with Crippen molar-refractivity contribution in [1.29, 1.82) is 0 Å². The molecule has 2 aromatic rings. The van der Waals surface area contributed by atoms with Gasteiger partial charge in [0.1, 0.15) is 5.56 Å². The molecule has 0 spiro atoms. The molecule has 0 aliphatic carbocycles. The molecule has 1 amide bonds. The fraction of sp³-hybridized carbons (Fsp3) is 0.176. The molecular formula is C17H8F10N2O2S. The summed E-state index contributed by atoms with van der Waals surface area (Å²) < 4.78 is 137. The third kappa shape index (κ3) is 5.20. The van der Waals surface area contributed by atoms with Crippen molar-refractivity contribution in [3.63, 3.8) is 0 Å². The van der Waals surface area contributed by atoms with Gasteiger partial charge in [0, 0.05) is 5.69 Å². The summed E-state index contributed by atoms with van der Waals surface area (Å²) in [6, 6.07) is 0.240. The van der Waals surface area contributed by atoms with Gasteiger partial charge in [-0.15, -0.1) is 0 Å². The van der Waals surface area contributed by atoms with Gasteiger partial charge in [-0.25, -0.2) is 8.78 Å². The van der Waals surface area contributed by atoms with Crippen LogP contribution in [0.4, 0.5) is 49.6 Å². The van der Waals surface area contributed by atoms with Gasteiger partial charge >= 0.3 is 12.4 Å². The SMILES string of the molecule is COc1c(F)c(F)c(C(=O)NC(=S)Nc2cc(C(F)(F)F)cc(C(F)(F)F)c2)c(F)c1F. The van der Waals surface area contributed by atoms with Crippen LogP contribution in [-0.2, 0) is 12.4 Å². The molecule has 0 radical (unpaired) electrons. The number of rotatable bonds is 3. The van der Waals surface area contributed by atoms with Gasteiger partial charge in [0.25, 0.3) is 5.91 Å². The minimum absolute atomic E-state index is 0.180. The number of nitrogens with one attached hydrogen (secondary N) is 2. The predicted molar refractivity (Wildman–Crippen MR) is 93.0 cm³/mol. The molecule has 0 saturated carbocycles. The van der Waals surface area contributed by atoms with Crippen LogP contribution in [0.5, 0.6) is 5.75 Å². The number of benzene rings is 2. The Bertz CT molecular complexity index is 1020. The van der Waals surface area contributed by atoms with Crippen LogP contribution in [0.25, 0.3) is 0 Å². The van der Waals surface area contributed by atoms with Crippen molar-refractivity contribution in [3.05, 3.63) is 58.2 Å². The maximum Gasteiger partial charge on any atom is 0.416 e. The monoisotopic (exact) mass is 494 g/mol. The zero-order valence-electron chi connectivity index (χ0n) is 15.2. The number of carbonyl (C=O) groups excluding carboxylic acids is 1. The van der Waals surface area contributed by atoms with E-state index in [0.29, 0.717) is 7.11 Å². The second-order valence-electron chi connectivity index (χ2n) is 5.87. The van der Waals surface area contributed by atoms with E-state index in [-0.39, 0.29) is 18.2 Å². The minimum Gasteiger partial charge on any atom is -0.491 e. The number of hydrogen-bond donors (Lipinski definition) is 2. The van der Waals surface area contributed by atoms with Crippen LogP contribution in [0.2, 0.25) is 0 Å². The van der Waals surface area contributed by atoms with E-state index in [1.165, 1.54) is 5.32 Å². The Morgan fingerprint density at radius 3 is 1.66 bits per heavy atom. The molecule has 0 saturated heterocycles. The van der Waals surface area contributed by atoms with Gasteiger partial charge in [0.2, 0.25) is 11.6 Å². The summed E-state index contributed by atoms with van der Waals surface area (Å²) in [6.07, 6.45) is -10.4. The lowest BCUT2D eigenvalue weighted by atomic mass is 10.1. The minimum atomic E-state index is -5.19. The molecule has 0 aliphatic heterocycles. The van der Waals surface area contributed by atoms with E-state index in [1.807, 2.05) is 0 Å². The van der Waals surface area contributed by atoms with Crippen LogP contribution < -0.4 is 15.4 Å². The standard InChI is InChI=1S/C17H8F10N2O2S/c1-31-13-11(20)9(18)8(10(19)12(13)21)14(30)29-15(32)28-7-3-5(16(22,23)24)2-6(4-7)17(25,26)27/h2-4H,1H3,(H2,28,29,30,32). The van der Waals surface area contributed by atoms with Gasteiger partial charge in [-0.3, -0.25) is 10.1 Å². The van der Waals surface area contributed by atoms with E-state index in [4.69, 9.17) is 0 Å². The molecule has 2 aromatic carbocycles. The quantitative estimate of drug-likeness (QED) is 0.340. The van der Waals surface area contributed by atoms with Crippen LogP contribution in [0.3, 0.4) is 0 Å². The molecule has 0 aromatic heterocycles. The van der Waals surface area contributed by atoms with Crippen molar-refractivity contribution in [1.82, 2.24) is 5.32 Å². The second-order valence-corrected chi connectivity index (χ2v) is 6.28. The lowest BCUT2D eigenvalue weighted by molar-refractivity contribution is -0.143. The maximum atomic E-state index is 13.9. The Hall–Kier alpha value is -3.10. The van der Waals surface area contributed by atoms with Gasteiger partial charge in [-0.1, -0.05) is 0 Å². The highest BCUT2D eigenvalue weighted by Crippen LogP contribution is 2.37. The van der Waals surface area contributed by atoms with Gasteiger partial charge in [-0.05, 0) is 30.4 Å². The highest BCUT2D eigenvalue weighted by atomic mass is 32.1. The lowest BCUT2D eigenvalue weighted by Crippen LogP contribution is -2.35. The topological polar surface area (TPSA) is 50.4 Å². The van der Waals surface area contributed by atoms with Crippen molar-refractivity contribution < 1.29 is 53.4 Å². The lowest BCUT2D eigenvalue weighted by Gasteiger charge is -2.16. The number of anilines is 1. The normalized spacial score (nSPS) is 11.8. The summed E-state index contributed by atoms with van der Waals surface area (Å²) in [5, 5.41) is 2.27. The number of ether oxygens (including phenoxy) is 1. The third-order valence-electron chi connectivity index (χ3n) is 3.73. The van der Waals surface area contributed by atoms with Crippen LogP contribution in [0, 0.1) is 23.3 Å². The Morgan fingerprint density at radius 1 is 0.844 bits per heavy atom. The predicted octanol–water partition coefficient (Wildman–Crippen LogP) is 5.42. The molecule has 15 heteroatoms. The molecule has 0 bridgehead atoms. The fourth-order valence-corrected chi connectivity index (χ4v) is 2.56. The van der Waals surface area contributed by atoms with E-state index in [9.17, 15) is 48.7 Å². The molecule has 0 aliphatic rings. The van der Waals surface area contributed by atoms with Crippen LogP contribution in [0.1, 0.15) is 21.5 Å². The summed E-state index contributed by atoms with van der Waals surface area (Å²) in [4.78, 5) is 12.0. The fourth-order valence-electron chi connectivity index (χ4n) is 2.35. The van der Waals surface area contributed by atoms with Gasteiger partial charge < -0.3 is 10.1 Å². The van der Waals surface area contributed by atoms with Crippen LogP contribution >= 0.6 is 12.2 Å². The zero-order chi connectivity index (χ0) is 24.6. The molecular weight excluding hydrogens is 486 g/mol. The van der Waals surface area contributed by atoms with Crippen molar-refractivity contribution in [3.8, 4) is 5.75 Å². The number of amides is 1. The number of alkyl halides is 6. The first-order valence-electron chi connectivity index (χ1n) is 7.89. The molecule has 4 nitrogen and oxygen atoms in total. The highest BCUT2D eigenvalue weighted by molar-refractivity contribution is 7.80. The smallest absolute Gasteiger partial charge is 0.416 e. The summed E-state index contributed by atoms with van der Waals surface area (Å²) in [5.41, 5.74) is -6.14. The Labute approximate surface area is 177 Å². The first-order valence-corrected chi connectivity index (χ1v) is 8.30. The van der Waals surface area contributed by atoms with E-state index >= 15 is 0 Å². The molecule has 2 rings (SSSR count). The van der Waals surface area contributed by atoms with Crippen LogP contribution in [-0.4, -0.2) is 18.1 Å². The molecule has 0 heterocycles. The second kappa shape index (κ2) is 8.80. The van der Waals surface area contributed by atoms with Crippen molar-refractivity contribution in [2.45, 2.75) is 12.4 Å². The Kier molecular flexibility index (Phi) is 6.92.